The van der Waals surface area contributed by atoms with Gasteiger partial charge < -0.3 is 15.1 Å². The van der Waals surface area contributed by atoms with E-state index < -0.39 is 17.5 Å². The minimum atomic E-state index is -0.737. The predicted molar refractivity (Wildman–Crippen MR) is 66.2 cm³/mol. The average molecular weight is 281 g/mol. The topological polar surface area (TPSA) is 52.7 Å². The number of piperazine rings is 1. The van der Waals surface area contributed by atoms with Crippen LogP contribution in [0.1, 0.15) is 10.4 Å². The number of nitrogens with zero attached hydrogens (tertiary/aromatic N) is 2. The van der Waals surface area contributed by atoms with Crippen molar-refractivity contribution in [1.82, 2.24) is 15.1 Å². The van der Waals surface area contributed by atoms with Crippen molar-refractivity contribution >= 4 is 11.9 Å². The maximum absolute atomic E-state index is 13.6. The van der Waals surface area contributed by atoms with Gasteiger partial charge >= 0.3 is 6.03 Å². The SMILES string of the molecule is O=C(c1cc(F)ccc1F)N1CCN2C(=O)NCC2C1. The number of halogens is 2. The van der Waals surface area contributed by atoms with Gasteiger partial charge in [-0.05, 0) is 18.2 Å². The van der Waals surface area contributed by atoms with Crippen molar-refractivity contribution < 1.29 is 18.4 Å². The first kappa shape index (κ1) is 12.8. The largest absolute Gasteiger partial charge is 0.336 e. The number of hydrogen-bond donors (Lipinski definition) is 1. The Morgan fingerprint density at radius 3 is 2.90 bits per heavy atom. The van der Waals surface area contributed by atoms with Gasteiger partial charge in [-0.15, -0.1) is 0 Å². The van der Waals surface area contributed by atoms with E-state index in [-0.39, 0.29) is 17.6 Å². The zero-order chi connectivity index (χ0) is 14.3. The molecule has 0 saturated carbocycles. The van der Waals surface area contributed by atoms with E-state index in [9.17, 15) is 18.4 Å². The quantitative estimate of drug-likeness (QED) is 0.828. The molecule has 3 amide bonds. The molecule has 106 valence electrons. The Balaban J connectivity index is 1.78. The summed E-state index contributed by atoms with van der Waals surface area (Å²) in [6, 6.07) is 2.58. The number of fused-ring (bicyclic) bond motifs is 1. The van der Waals surface area contributed by atoms with Crippen molar-refractivity contribution in [2.75, 3.05) is 26.2 Å². The summed E-state index contributed by atoms with van der Waals surface area (Å²) in [4.78, 5) is 26.8. The molecular formula is C13H13F2N3O2. The summed E-state index contributed by atoms with van der Waals surface area (Å²) < 4.78 is 26.8. The second-order valence-corrected chi connectivity index (χ2v) is 4.91. The summed E-state index contributed by atoms with van der Waals surface area (Å²) in [5, 5.41) is 2.70. The Bertz CT molecular complexity index is 579. The van der Waals surface area contributed by atoms with Gasteiger partial charge in [0.05, 0.1) is 11.6 Å². The number of amides is 3. The van der Waals surface area contributed by atoms with Crippen molar-refractivity contribution in [2.24, 2.45) is 0 Å². The van der Waals surface area contributed by atoms with Crippen LogP contribution in [0, 0.1) is 11.6 Å². The van der Waals surface area contributed by atoms with Crippen LogP contribution in [0.3, 0.4) is 0 Å². The lowest BCUT2D eigenvalue weighted by Gasteiger charge is -2.36. The van der Waals surface area contributed by atoms with E-state index in [0.29, 0.717) is 26.2 Å². The third-order valence-electron chi connectivity index (χ3n) is 3.68. The van der Waals surface area contributed by atoms with E-state index >= 15 is 0 Å². The van der Waals surface area contributed by atoms with Gasteiger partial charge in [-0.3, -0.25) is 4.79 Å². The fraction of sp³-hybridized carbons (Fsp3) is 0.385. The molecule has 1 aromatic rings. The van der Waals surface area contributed by atoms with Crippen LogP contribution >= 0.6 is 0 Å². The maximum atomic E-state index is 13.6. The average Bonchev–Trinajstić information content (AvgIpc) is 2.82. The summed E-state index contributed by atoms with van der Waals surface area (Å²) in [5.41, 5.74) is -0.268. The first-order valence-corrected chi connectivity index (χ1v) is 6.35. The molecule has 0 aromatic heterocycles. The Morgan fingerprint density at radius 1 is 1.30 bits per heavy atom. The van der Waals surface area contributed by atoms with E-state index in [0.717, 1.165) is 18.2 Å². The number of rotatable bonds is 1. The lowest BCUT2D eigenvalue weighted by atomic mass is 10.1. The van der Waals surface area contributed by atoms with E-state index in [1.807, 2.05) is 0 Å². The fourth-order valence-corrected chi connectivity index (χ4v) is 2.62. The molecule has 1 atom stereocenters. The third-order valence-corrected chi connectivity index (χ3v) is 3.68. The summed E-state index contributed by atoms with van der Waals surface area (Å²) in [5.74, 6) is -1.92. The normalized spacial score (nSPS) is 21.7. The Labute approximate surface area is 114 Å². The van der Waals surface area contributed by atoms with E-state index in [1.165, 1.54) is 4.90 Å². The number of hydrogen-bond acceptors (Lipinski definition) is 2. The number of carbonyl (C=O) groups is 2. The fourth-order valence-electron chi connectivity index (χ4n) is 2.62. The molecule has 1 unspecified atom stereocenters. The highest BCUT2D eigenvalue weighted by Gasteiger charge is 2.37. The highest BCUT2D eigenvalue weighted by atomic mass is 19.1. The minimum absolute atomic E-state index is 0.100. The molecule has 1 aromatic carbocycles. The van der Waals surface area contributed by atoms with Gasteiger partial charge in [0.2, 0.25) is 0 Å². The van der Waals surface area contributed by atoms with Gasteiger partial charge in [0.1, 0.15) is 11.6 Å². The van der Waals surface area contributed by atoms with Crippen LogP contribution in [0.25, 0.3) is 0 Å². The van der Waals surface area contributed by atoms with Gasteiger partial charge in [-0.2, -0.15) is 0 Å². The molecule has 2 fully saturated rings. The van der Waals surface area contributed by atoms with E-state index in [4.69, 9.17) is 0 Å². The standard InChI is InChI=1S/C13H13F2N3O2/c14-8-1-2-11(15)10(5-8)12(19)17-3-4-18-9(7-17)6-16-13(18)20/h1-2,5,9H,3-4,6-7H2,(H,16,20). The minimum Gasteiger partial charge on any atom is -0.336 e. The zero-order valence-electron chi connectivity index (χ0n) is 10.6. The molecule has 1 N–H and O–H groups in total. The lowest BCUT2D eigenvalue weighted by molar-refractivity contribution is 0.0612. The molecule has 0 bridgehead atoms. The summed E-state index contributed by atoms with van der Waals surface area (Å²) in [7, 11) is 0. The molecule has 3 rings (SSSR count). The molecule has 5 nitrogen and oxygen atoms in total. The molecule has 2 aliphatic heterocycles. The van der Waals surface area contributed by atoms with E-state index in [1.54, 1.807) is 4.90 Å². The van der Waals surface area contributed by atoms with Crippen molar-refractivity contribution in [3.63, 3.8) is 0 Å². The molecular weight excluding hydrogens is 268 g/mol. The monoisotopic (exact) mass is 281 g/mol. The second kappa shape index (κ2) is 4.73. The molecule has 0 aliphatic carbocycles. The zero-order valence-corrected chi connectivity index (χ0v) is 10.6. The van der Waals surface area contributed by atoms with Crippen LogP contribution in [0.15, 0.2) is 18.2 Å². The van der Waals surface area contributed by atoms with Gasteiger partial charge in [0.15, 0.2) is 0 Å². The maximum Gasteiger partial charge on any atom is 0.317 e. The first-order chi connectivity index (χ1) is 9.56. The summed E-state index contributed by atoms with van der Waals surface area (Å²) in [6.45, 7) is 1.51. The van der Waals surface area contributed by atoms with E-state index in [2.05, 4.69) is 5.32 Å². The van der Waals surface area contributed by atoms with Gasteiger partial charge in [-0.1, -0.05) is 0 Å². The highest BCUT2D eigenvalue weighted by molar-refractivity contribution is 5.94. The van der Waals surface area contributed by atoms with Crippen LogP contribution in [-0.4, -0.2) is 54.0 Å². The number of urea groups is 1. The molecule has 2 aliphatic rings. The Kier molecular flexibility index (Phi) is 3.04. The highest BCUT2D eigenvalue weighted by Crippen LogP contribution is 2.18. The molecule has 20 heavy (non-hydrogen) atoms. The van der Waals surface area contributed by atoms with Gasteiger partial charge in [0.25, 0.3) is 5.91 Å². The third kappa shape index (κ3) is 2.09. The number of benzene rings is 1. The van der Waals surface area contributed by atoms with Crippen molar-refractivity contribution in [2.45, 2.75) is 6.04 Å². The molecule has 0 radical (unpaired) electrons. The predicted octanol–water partition coefficient (Wildman–Crippen LogP) is 0.814. The number of nitrogens with one attached hydrogen (secondary N) is 1. The van der Waals surface area contributed by atoms with Crippen LogP contribution in [-0.2, 0) is 0 Å². The van der Waals surface area contributed by atoms with Crippen molar-refractivity contribution in [3.05, 3.63) is 35.4 Å². The van der Waals surface area contributed by atoms with Crippen LogP contribution in [0.4, 0.5) is 13.6 Å². The summed E-state index contributed by atoms with van der Waals surface area (Å²) in [6.07, 6.45) is 0. The van der Waals surface area contributed by atoms with Gasteiger partial charge in [0, 0.05) is 26.2 Å². The second-order valence-electron chi connectivity index (χ2n) is 4.91. The van der Waals surface area contributed by atoms with Crippen molar-refractivity contribution in [3.8, 4) is 0 Å². The molecule has 2 heterocycles. The van der Waals surface area contributed by atoms with Crippen LogP contribution in [0.2, 0.25) is 0 Å². The van der Waals surface area contributed by atoms with Gasteiger partial charge in [-0.25, -0.2) is 13.6 Å². The smallest absolute Gasteiger partial charge is 0.317 e. The molecule has 2 saturated heterocycles. The summed E-state index contributed by atoms with van der Waals surface area (Å²) >= 11 is 0. The lowest BCUT2D eigenvalue weighted by Crippen LogP contribution is -2.53. The van der Waals surface area contributed by atoms with Crippen LogP contribution in [0.5, 0.6) is 0 Å². The Hall–Kier alpha value is -2.18. The molecule has 7 heteroatoms. The Morgan fingerprint density at radius 2 is 2.10 bits per heavy atom. The van der Waals surface area contributed by atoms with Crippen LogP contribution < -0.4 is 5.32 Å². The molecule has 0 spiro atoms. The number of carbonyl (C=O) groups excluding carboxylic acids is 2. The van der Waals surface area contributed by atoms with Crippen molar-refractivity contribution in [1.29, 1.82) is 0 Å². The first-order valence-electron chi connectivity index (χ1n) is 6.35.